The Morgan fingerprint density at radius 1 is 1.21 bits per heavy atom. The van der Waals surface area contributed by atoms with Crippen LogP contribution in [0.5, 0.6) is 0 Å². The smallest absolute Gasteiger partial charge is 0.334 e. The standard InChI is InChI=1S/C16H18O3/c1-19-16(18)15(17)8-4-5-12-9-10-13-6-2-3-7-14(13)11-12/h2-3,6-7,9-11,15,17H,4-5,8H2,1H3. The van der Waals surface area contributed by atoms with Gasteiger partial charge in [-0.15, -0.1) is 0 Å². The van der Waals surface area contributed by atoms with Gasteiger partial charge in [0.05, 0.1) is 7.11 Å². The van der Waals surface area contributed by atoms with Crippen LogP contribution in [0.2, 0.25) is 0 Å². The molecule has 0 aliphatic heterocycles. The molecule has 0 saturated carbocycles. The van der Waals surface area contributed by atoms with E-state index in [0.717, 1.165) is 12.8 Å². The lowest BCUT2D eigenvalue weighted by Gasteiger charge is -2.08. The van der Waals surface area contributed by atoms with Gasteiger partial charge in [0.2, 0.25) is 0 Å². The summed E-state index contributed by atoms with van der Waals surface area (Å²) in [7, 11) is 1.29. The number of hydrogen-bond donors (Lipinski definition) is 1. The second kappa shape index (κ2) is 6.34. The molecule has 3 heteroatoms. The molecule has 0 aliphatic carbocycles. The van der Waals surface area contributed by atoms with E-state index in [0.29, 0.717) is 6.42 Å². The van der Waals surface area contributed by atoms with Crippen LogP contribution in [-0.2, 0) is 16.0 Å². The van der Waals surface area contributed by atoms with Crippen molar-refractivity contribution in [2.24, 2.45) is 0 Å². The Balaban J connectivity index is 1.93. The van der Waals surface area contributed by atoms with Gasteiger partial charge in [0.25, 0.3) is 0 Å². The maximum absolute atomic E-state index is 11.1. The van der Waals surface area contributed by atoms with Crippen LogP contribution in [0.25, 0.3) is 10.8 Å². The van der Waals surface area contributed by atoms with Gasteiger partial charge in [0.1, 0.15) is 0 Å². The number of rotatable bonds is 5. The molecular formula is C16H18O3. The van der Waals surface area contributed by atoms with Crippen LogP contribution in [0.1, 0.15) is 18.4 Å². The first-order chi connectivity index (χ1) is 9.20. The summed E-state index contributed by atoms with van der Waals surface area (Å²) >= 11 is 0. The first kappa shape index (κ1) is 13.6. The molecule has 0 spiro atoms. The highest BCUT2D eigenvalue weighted by Crippen LogP contribution is 2.17. The van der Waals surface area contributed by atoms with E-state index in [-0.39, 0.29) is 0 Å². The Kier molecular flexibility index (Phi) is 4.53. The Morgan fingerprint density at radius 3 is 2.68 bits per heavy atom. The molecule has 1 atom stereocenters. The number of carbonyl (C=O) groups is 1. The van der Waals surface area contributed by atoms with E-state index in [1.54, 1.807) is 0 Å². The molecule has 0 fully saturated rings. The molecule has 0 bridgehead atoms. The van der Waals surface area contributed by atoms with Crippen molar-refractivity contribution in [3.05, 3.63) is 48.0 Å². The molecule has 0 heterocycles. The summed E-state index contributed by atoms with van der Waals surface area (Å²) in [6.07, 6.45) is 1.03. The molecule has 2 aromatic rings. The summed E-state index contributed by atoms with van der Waals surface area (Å²) in [5.41, 5.74) is 1.22. The molecule has 2 rings (SSSR count). The Hall–Kier alpha value is -1.87. The van der Waals surface area contributed by atoms with Gasteiger partial charge in [-0.25, -0.2) is 4.79 Å². The lowest BCUT2D eigenvalue weighted by Crippen LogP contribution is -2.21. The highest BCUT2D eigenvalue weighted by molar-refractivity contribution is 5.83. The van der Waals surface area contributed by atoms with Crippen LogP contribution in [0.3, 0.4) is 0 Å². The summed E-state index contributed by atoms with van der Waals surface area (Å²) in [5.74, 6) is -0.557. The van der Waals surface area contributed by atoms with E-state index in [4.69, 9.17) is 0 Å². The van der Waals surface area contributed by atoms with Gasteiger partial charge in [0, 0.05) is 0 Å². The summed E-state index contributed by atoms with van der Waals surface area (Å²) < 4.78 is 4.48. The van der Waals surface area contributed by atoms with E-state index in [2.05, 4.69) is 35.1 Å². The lowest BCUT2D eigenvalue weighted by molar-refractivity contribution is -0.150. The van der Waals surface area contributed by atoms with Crippen molar-refractivity contribution < 1.29 is 14.6 Å². The molecule has 0 saturated heterocycles. The summed E-state index contributed by atoms with van der Waals surface area (Å²) in [5, 5.41) is 11.9. The third-order valence-corrected chi connectivity index (χ3v) is 3.23. The van der Waals surface area contributed by atoms with Gasteiger partial charge in [-0.3, -0.25) is 0 Å². The Labute approximate surface area is 112 Å². The monoisotopic (exact) mass is 258 g/mol. The fourth-order valence-corrected chi connectivity index (χ4v) is 2.15. The van der Waals surface area contributed by atoms with Crippen molar-refractivity contribution in [1.29, 1.82) is 0 Å². The Morgan fingerprint density at radius 2 is 1.95 bits per heavy atom. The molecule has 1 unspecified atom stereocenters. The predicted molar refractivity (Wildman–Crippen MR) is 74.9 cm³/mol. The number of aliphatic hydroxyl groups excluding tert-OH is 1. The largest absolute Gasteiger partial charge is 0.467 e. The fraction of sp³-hybridized carbons (Fsp3) is 0.312. The topological polar surface area (TPSA) is 46.5 Å². The minimum Gasteiger partial charge on any atom is -0.467 e. The van der Waals surface area contributed by atoms with Crippen molar-refractivity contribution in [2.75, 3.05) is 7.11 Å². The maximum Gasteiger partial charge on any atom is 0.334 e. The molecule has 0 aromatic heterocycles. The van der Waals surface area contributed by atoms with Crippen molar-refractivity contribution in [2.45, 2.75) is 25.4 Å². The number of esters is 1. The number of benzene rings is 2. The number of fused-ring (bicyclic) bond motifs is 1. The zero-order valence-electron chi connectivity index (χ0n) is 11.0. The van der Waals surface area contributed by atoms with E-state index >= 15 is 0 Å². The molecule has 19 heavy (non-hydrogen) atoms. The average Bonchev–Trinajstić information content (AvgIpc) is 2.46. The zero-order valence-corrected chi connectivity index (χ0v) is 11.0. The lowest BCUT2D eigenvalue weighted by atomic mass is 10.0. The number of methoxy groups -OCH3 is 1. The molecule has 0 amide bonds. The normalized spacial score (nSPS) is 12.3. The molecular weight excluding hydrogens is 240 g/mol. The molecule has 3 nitrogen and oxygen atoms in total. The Bertz CT molecular complexity index is 563. The van der Waals surface area contributed by atoms with E-state index in [1.807, 2.05) is 12.1 Å². The zero-order chi connectivity index (χ0) is 13.7. The minimum atomic E-state index is -1.01. The second-order valence-electron chi connectivity index (χ2n) is 4.61. The number of hydrogen-bond acceptors (Lipinski definition) is 3. The first-order valence-electron chi connectivity index (χ1n) is 6.44. The van der Waals surface area contributed by atoms with Crippen LogP contribution < -0.4 is 0 Å². The first-order valence-corrected chi connectivity index (χ1v) is 6.44. The third-order valence-electron chi connectivity index (χ3n) is 3.23. The van der Waals surface area contributed by atoms with Crippen LogP contribution in [0.15, 0.2) is 42.5 Å². The SMILES string of the molecule is COC(=O)C(O)CCCc1ccc2ccccc2c1. The van der Waals surface area contributed by atoms with E-state index < -0.39 is 12.1 Å². The minimum absolute atomic E-state index is 0.430. The quantitative estimate of drug-likeness (QED) is 0.839. The molecule has 2 aromatic carbocycles. The van der Waals surface area contributed by atoms with Gasteiger partial charge in [-0.2, -0.15) is 0 Å². The number of ether oxygens (including phenoxy) is 1. The maximum atomic E-state index is 11.1. The molecule has 0 aliphatic rings. The highest BCUT2D eigenvalue weighted by Gasteiger charge is 2.14. The van der Waals surface area contributed by atoms with Crippen molar-refractivity contribution in [3.63, 3.8) is 0 Å². The van der Waals surface area contributed by atoms with Crippen molar-refractivity contribution in [1.82, 2.24) is 0 Å². The van der Waals surface area contributed by atoms with E-state index in [9.17, 15) is 9.90 Å². The summed E-state index contributed by atoms with van der Waals surface area (Å²) in [6, 6.07) is 14.6. The van der Waals surface area contributed by atoms with Gasteiger partial charge < -0.3 is 9.84 Å². The fourth-order valence-electron chi connectivity index (χ4n) is 2.15. The van der Waals surface area contributed by atoms with Crippen molar-refractivity contribution in [3.8, 4) is 0 Å². The average molecular weight is 258 g/mol. The second-order valence-corrected chi connectivity index (χ2v) is 4.61. The number of carbonyl (C=O) groups excluding carboxylic acids is 1. The van der Waals surface area contributed by atoms with Crippen LogP contribution >= 0.6 is 0 Å². The third kappa shape index (κ3) is 3.55. The molecule has 1 N–H and O–H groups in total. The summed E-state index contributed by atoms with van der Waals surface area (Å²) in [6.45, 7) is 0. The predicted octanol–water partition coefficient (Wildman–Crippen LogP) is 2.70. The van der Waals surface area contributed by atoms with Crippen LogP contribution in [0, 0.1) is 0 Å². The summed E-state index contributed by atoms with van der Waals surface area (Å²) in [4.78, 5) is 11.1. The molecule has 100 valence electrons. The van der Waals surface area contributed by atoms with E-state index in [1.165, 1.54) is 23.4 Å². The highest BCUT2D eigenvalue weighted by atomic mass is 16.5. The van der Waals surface area contributed by atoms with Gasteiger partial charge in [-0.1, -0.05) is 42.5 Å². The molecule has 0 radical (unpaired) electrons. The van der Waals surface area contributed by atoms with Crippen molar-refractivity contribution >= 4 is 16.7 Å². The van der Waals surface area contributed by atoms with Crippen LogP contribution in [0.4, 0.5) is 0 Å². The van der Waals surface area contributed by atoms with Gasteiger partial charge >= 0.3 is 5.97 Å². The van der Waals surface area contributed by atoms with Gasteiger partial charge in [0.15, 0.2) is 6.10 Å². The number of aryl methyl sites for hydroxylation is 1. The van der Waals surface area contributed by atoms with Gasteiger partial charge in [-0.05, 0) is 35.6 Å². The number of aliphatic hydroxyl groups is 1. The van der Waals surface area contributed by atoms with Crippen LogP contribution in [-0.4, -0.2) is 24.3 Å².